The average Bonchev–Trinajstić information content (AvgIpc) is 2.89. The molecule has 0 aliphatic heterocycles. The maximum atomic E-state index is 4.70. The molecular weight excluding hydrogens is 236 g/mol. The Labute approximate surface area is 114 Å². The highest BCUT2D eigenvalue weighted by Gasteiger charge is 2.08. The van der Waals surface area contributed by atoms with E-state index in [4.69, 9.17) is 4.98 Å². The number of pyridine rings is 1. The standard InChI is InChI=1S/C15H22N4/c1-11(2)14-7-13(9-17-12(3)4)8-15(18-14)19-6-5-16-10-19/h5-8,10-12,17H,9H2,1-4H3. The molecule has 2 rings (SSSR count). The zero-order valence-corrected chi connectivity index (χ0v) is 12.1. The van der Waals surface area contributed by atoms with Crippen LogP contribution >= 0.6 is 0 Å². The molecule has 19 heavy (non-hydrogen) atoms. The van der Waals surface area contributed by atoms with Crippen molar-refractivity contribution in [1.29, 1.82) is 0 Å². The zero-order valence-electron chi connectivity index (χ0n) is 12.1. The summed E-state index contributed by atoms with van der Waals surface area (Å²) in [5.41, 5.74) is 2.38. The van der Waals surface area contributed by atoms with Crippen LogP contribution in [0.15, 0.2) is 30.9 Å². The molecule has 0 radical (unpaired) electrons. The molecule has 2 aromatic rings. The molecule has 0 aliphatic carbocycles. The molecule has 0 fully saturated rings. The second-order valence-electron chi connectivity index (χ2n) is 5.42. The molecule has 0 saturated heterocycles. The third-order valence-corrected chi connectivity index (χ3v) is 2.97. The predicted octanol–water partition coefficient (Wildman–Crippen LogP) is 2.89. The van der Waals surface area contributed by atoms with E-state index in [1.807, 2.05) is 10.8 Å². The summed E-state index contributed by atoms with van der Waals surface area (Å²) in [6.07, 6.45) is 5.48. The van der Waals surface area contributed by atoms with E-state index in [1.54, 1.807) is 12.5 Å². The van der Waals surface area contributed by atoms with E-state index >= 15 is 0 Å². The van der Waals surface area contributed by atoms with Gasteiger partial charge in [-0.2, -0.15) is 0 Å². The van der Waals surface area contributed by atoms with Crippen LogP contribution in [-0.4, -0.2) is 20.6 Å². The van der Waals surface area contributed by atoms with Crippen molar-refractivity contribution in [2.24, 2.45) is 0 Å². The van der Waals surface area contributed by atoms with Crippen LogP contribution in [0.3, 0.4) is 0 Å². The Kier molecular flexibility index (Phi) is 4.32. The average molecular weight is 258 g/mol. The van der Waals surface area contributed by atoms with Crippen LogP contribution in [0.2, 0.25) is 0 Å². The van der Waals surface area contributed by atoms with E-state index in [0.29, 0.717) is 12.0 Å². The molecule has 0 saturated carbocycles. The minimum absolute atomic E-state index is 0.418. The summed E-state index contributed by atoms with van der Waals surface area (Å²) in [5, 5.41) is 3.45. The smallest absolute Gasteiger partial charge is 0.138 e. The molecule has 0 bridgehead atoms. The van der Waals surface area contributed by atoms with Gasteiger partial charge in [-0.3, -0.25) is 4.57 Å². The topological polar surface area (TPSA) is 42.7 Å². The van der Waals surface area contributed by atoms with Crippen molar-refractivity contribution in [3.63, 3.8) is 0 Å². The lowest BCUT2D eigenvalue weighted by Crippen LogP contribution is -2.22. The molecule has 1 N–H and O–H groups in total. The Morgan fingerprint density at radius 1 is 1.21 bits per heavy atom. The van der Waals surface area contributed by atoms with E-state index in [1.165, 1.54) is 5.56 Å². The van der Waals surface area contributed by atoms with Crippen molar-refractivity contribution in [3.8, 4) is 5.82 Å². The highest BCUT2D eigenvalue weighted by Crippen LogP contribution is 2.17. The van der Waals surface area contributed by atoms with Crippen LogP contribution in [0.4, 0.5) is 0 Å². The highest BCUT2D eigenvalue weighted by molar-refractivity contribution is 5.32. The van der Waals surface area contributed by atoms with Crippen LogP contribution in [-0.2, 0) is 6.54 Å². The number of nitrogens with one attached hydrogen (secondary N) is 1. The van der Waals surface area contributed by atoms with Crippen molar-refractivity contribution in [3.05, 3.63) is 42.1 Å². The second kappa shape index (κ2) is 5.97. The Morgan fingerprint density at radius 2 is 2.00 bits per heavy atom. The Hall–Kier alpha value is -1.68. The number of imidazole rings is 1. The Balaban J connectivity index is 2.33. The van der Waals surface area contributed by atoms with E-state index in [2.05, 4.69) is 50.1 Å². The van der Waals surface area contributed by atoms with Crippen LogP contribution in [0, 0.1) is 0 Å². The summed E-state index contributed by atoms with van der Waals surface area (Å²) in [4.78, 5) is 8.78. The summed E-state index contributed by atoms with van der Waals surface area (Å²) in [6, 6.07) is 4.77. The largest absolute Gasteiger partial charge is 0.310 e. The molecule has 0 atom stereocenters. The molecule has 4 nitrogen and oxygen atoms in total. The van der Waals surface area contributed by atoms with Gasteiger partial charge in [0.05, 0.1) is 0 Å². The molecule has 2 aromatic heterocycles. The van der Waals surface area contributed by atoms with E-state index in [9.17, 15) is 0 Å². The molecule has 0 unspecified atom stereocenters. The molecule has 2 heterocycles. The normalized spacial score (nSPS) is 11.5. The fourth-order valence-corrected chi connectivity index (χ4v) is 1.84. The molecule has 0 aromatic carbocycles. The van der Waals surface area contributed by atoms with Gasteiger partial charge in [0.1, 0.15) is 12.1 Å². The summed E-state index contributed by atoms with van der Waals surface area (Å²) in [6.45, 7) is 9.50. The van der Waals surface area contributed by atoms with Crippen LogP contribution in [0.5, 0.6) is 0 Å². The fourth-order valence-electron chi connectivity index (χ4n) is 1.84. The van der Waals surface area contributed by atoms with Crippen molar-refractivity contribution in [2.75, 3.05) is 0 Å². The van der Waals surface area contributed by atoms with Gasteiger partial charge < -0.3 is 5.32 Å². The van der Waals surface area contributed by atoms with Gasteiger partial charge in [-0.1, -0.05) is 27.7 Å². The van der Waals surface area contributed by atoms with Gasteiger partial charge in [0.15, 0.2) is 0 Å². The third kappa shape index (κ3) is 3.64. The van der Waals surface area contributed by atoms with Crippen molar-refractivity contribution in [1.82, 2.24) is 19.9 Å². The van der Waals surface area contributed by atoms with Crippen molar-refractivity contribution in [2.45, 2.75) is 46.2 Å². The van der Waals surface area contributed by atoms with E-state index in [-0.39, 0.29) is 0 Å². The molecule has 0 spiro atoms. The van der Waals surface area contributed by atoms with Crippen LogP contribution in [0.1, 0.15) is 44.9 Å². The zero-order chi connectivity index (χ0) is 13.8. The van der Waals surface area contributed by atoms with Crippen molar-refractivity contribution >= 4 is 0 Å². The number of hydrogen-bond donors (Lipinski definition) is 1. The maximum Gasteiger partial charge on any atom is 0.138 e. The summed E-state index contributed by atoms with van der Waals surface area (Å²) in [5.74, 6) is 1.35. The first-order valence-electron chi connectivity index (χ1n) is 6.79. The van der Waals surface area contributed by atoms with Crippen LogP contribution < -0.4 is 5.32 Å². The first-order valence-corrected chi connectivity index (χ1v) is 6.79. The van der Waals surface area contributed by atoms with Crippen molar-refractivity contribution < 1.29 is 0 Å². The minimum Gasteiger partial charge on any atom is -0.310 e. The van der Waals surface area contributed by atoms with Gasteiger partial charge in [-0.25, -0.2) is 9.97 Å². The van der Waals surface area contributed by atoms with Gasteiger partial charge in [0.25, 0.3) is 0 Å². The fraction of sp³-hybridized carbons (Fsp3) is 0.467. The summed E-state index contributed by atoms with van der Waals surface area (Å²) >= 11 is 0. The summed E-state index contributed by atoms with van der Waals surface area (Å²) < 4.78 is 1.95. The number of nitrogens with zero attached hydrogens (tertiary/aromatic N) is 3. The van der Waals surface area contributed by atoms with E-state index in [0.717, 1.165) is 18.1 Å². The van der Waals surface area contributed by atoms with Crippen LogP contribution in [0.25, 0.3) is 5.82 Å². The molecule has 4 heteroatoms. The first kappa shape index (κ1) is 13.7. The monoisotopic (exact) mass is 258 g/mol. The van der Waals surface area contributed by atoms with Gasteiger partial charge in [0, 0.05) is 30.7 Å². The number of rotatable bonds is 5. The lowest BCUT2D eigenvalue weighted by atomic mass is 10.1. The molecule has 0 aliphatic rings. The molecule has 102 valence electrons. The summed E-state index contributed by atoms with van der Waals surface area (Å²) in [7, 11) is 0. The van der Waals surface area contributed by atoms with Gasteiger partial charge in [-0.05, 0) is 23.6 Å². The third-order valence-electron chi connectivity index (χ3n) is 2.97. The van der Waals surface area contributed by atoms with Gasteiger partial charge in [0.2, 0.25) is 0 Å². The van der Waals surface area contributed by atoms with Gasteiger partial charge >= 0.3 is 0 Å². The lowest BCUT2D eigenvalue weighted by Gasteiger charge is -2.13. The molecule has 0 amide bonds. The number of hydrogen-bond acceptors (Lipinski definition) is 3. The lowest BCUT2D eigenvalue weighted by molar-refractivity contribution is 0.587. The first-order chi connectivity index (χ1) is 9.06. The SMILES string of the molecule is CC(C)NCc1cc(C(C)C)nc(-n2ccnc2)c1. The minimum atomic E-state index is 0.418. The molecular formula is C15H22N4. The number of aromatic nitrogens is 3. The Bertz CT molecular complexity index is 515. The highest BCUT2D eigenvalue weighted by atomic mass is 15.1. The van der Waals surface area contributed by atoms with E-state index < -0.39 is 0 Å². The maximum absolute atomic E-state index is 4.70. The Morgan fingerprint density at radius 3 is 2.58 bits per heavy atom. The van der Waals surface area contributed by atoms with Gasteiger partial charge in [-0.15, -0.1) is 0 Å². The quantitative estimate of drug-likeness (QED) is 0.896. The second-order valence-corrected chi connectivity index (χ2v) is 5.42. The predicted molar refractivity (Wildman–Crippen MR) is 77.4 cm³/mol.